The van der Waals surface area contributed by atoms with Crippen molar-refractivity contribution < 1.29 is 14.7 Å². The van der Waals surface area contributed by atoms with Crippen LogP contribution < -0.4 is 5.32 Å². The summed E-state index contributed by atoms with van der Waals surface area (Å²) in [6.07, 6.45) is 0.663. The highest BCUT2D eigenvalue weighted by molar-refractivity contribution is 5.93. The first-order chi connectivity index (χ1) is 7.93. The van der Waals surface area contributed by atoms with Crippen molar-refractivity contribution >= 4 is 11.9 Å². The molecule has 1 aromatic heterocycles. The van der Waals surface area contributed by atoms with Crippen LogP contribution in [0.1, 0.15) is 36.5 Å². The number of carbonyl (C=O) groups is 2. The minimum atomic E-state index is -0.933. The van der Waals surface area contributed by atoms with Gasteiger partial charge in [0.25, 0.3) is 5.91 Å². The standard InChI is InChI=1S/C11H17N3O3/c1-4-8-6-9(14(3)13-8)11(17)12-7(2)5-10(15)16/h6-7H,4-5H2,1-3H3,(H,12,17)(H,15,16). The van der Waals surface area contributed by atoms with Gasteiger partial charge in [-0.1, -0.05) is 6.92 Å². The van der Waals surface area contributed by atoms with Crippen molar-refractivity contribution in [3.8, 4) is 0 Å². The van der Waals surface area contributed by atoms with Crippen LogP contribution in [0.15, 0.2) is 6.07 Å². The topological polar surface area (TPSA) is 84.2 Å². The van der Waals surface area contributed by atoms with E-state index in [2.05, 4.69) is 10.4 Å². The Hall–Kier alpha value is -1.85. The summed E-state index contributed by atoms with van der Waals surface area (Å²) in [6.45, 7) is 3.61. The number of carboxylic acid groups (broad SMARTS) is 1. The molecule has 0 radical (unpaired) electrons. The van der Waals surface area contributed by atoms with Gasteiger partial charge in [0.2, 0.25) is 0 Å². The molecule has 0 fully saturated rings. The third kappa shape index (κ3) is 3.58. The largest absolute Gasteiger partial charge is 0.481 e. The smallest absolute Gasteiger partial charge is 0.305 e. The summed E-state index contributed by atoms with van der Waals surface area (Å²) in [7, 11) is 1.69. The number of hydrogen-bond donors (Lipinski definition) is 2. The lowest BCUT2D eigenvalue weighted by atomic mass is 10.2. The number of aryl methyl sites for hydroxylation is 2. The van der Waals surface area contributed by atoms with Gasteiger partial charge in [0.1, 0.15) is 5.69 Å². The molecule has 1 unspecified atom stereocenters. The first-order valence-electron chi connectivity index (χ1n) is 5.49. The first-order valence-corrected chi connectivity index (χ1v) is 5.49. The van der Waals surface area contributed by atoms with E-state index in [1.54, 1.807) is 20.0 Å². The molecule has 1 amide bonds. The summed E-state index contributed by atoms with van der Waals surface area (Å²) in [5, 5.41) is 15.4. The van der Waals surface area contributed by atoms with Crippen LogP contribution >= 0.6 is 0 Å². The lowest BCUT2D eigenvalue weighted by molar-refractivity contribution is -0.137. The van der Waals surface area contributed by atoms with Crippen molar-refractivity contribution in [1.29, 1.82) is 0 Å². The van der Waals surface area contributed by atoms with Crippen LogP contribution in [0.4, 0.5) is 0 Å². The molecule has 0 aliphatic rings. The quantitative estimate of drug-likeness (QED) is 0.787. The maximum Gasteiger partial charge on any atom is 0.305 e. The van der Waals surface area contributed by atoms with Crippen molar-refractivity contribution in [2.45, 2.75) is 32.7 Å². The van der Waals surface area contributed by atoms with Gasteiger partial charge >= 0.3 is 5.97 Å². The van der Waals surface area contributed by atoms with Gasteiger partial charge < -0.3 is 10.4 Å². The lowest BCUT2D eigenvalue weighted by Crippen LogP contribution is -2.35. The van der Waals surface area contributed by atoms with E-state index in [9.17, 15) is 9.59 Å². The van der Waals surface area contributed by atoms with Gasteiger partial charge in [-0.2, -0.15) is 5.10 Å². The molecule has 0 saturated carbocycles. The molecule has 0 aliphatic heterocycles. The molecule has 1 heterocycles. The molecule has 1 aromatic rings. The Labute approximate surface area is 99.6 Å². The van der Waals surface area contributed by atoms with E-state index in [0.717, 1.165) is 12.1 Å². The fraction of sp³-hybridized carbons (Fsp3) is 0.545. The van der Waals surface area contributed by atoms with E-state index in [0.29, 0.717) is 5.69 Å². The number of amides is 1. The highest BCUT2D eigenvalue weighted by Gasteiger charge is 2.16. The van der Waals surface area contributed by atoms with Crippen LogP contribution in [0.5, 0.6) is 0 Å². The van der Waals surface area contributed by atoms with Gasteiger partial charge in [-0.3, -0.25) is 14.3 Å². The van der Waals surface area contributed by atoms with Crippen LogP contribution in [-0.2, 0) is 18.3 Å². The molecule has 6 nitrogen and oxygen atoms in total. The number of hydrogen-bond acceptors (Lipinski definition) is 3. The number of nitrogens with one attached hydrogen (secondary N) is 1. The zero-order valence-electron chi connectivity index (χ0n) is 10.2. The lowest BCUT2D eigenvalue weighted by Gasteiger charge is -2.11. The van der Waals surface area contributed by atoms with E-state index < -0.39 is 12.0 Å². The van der Waals surface area contributed by atoms with E-state index >= 15 is 0 Å². The summed E-state index contributed by atoms with van der Waals surface area (Å²) >= 11 is 0. The monoisotopic (exact) mass is 239 g/mol. The molecular formula is C11H17N3O3. The van der Waals surface area contributed by atoms with Crippen molar-refractivity contribution in [2.75, 3.05) is 0 Å². The Balaban J connectivity index is 2.69. The second-order valence-electron chi connectivity index (χ2n) is 3.97. The first kappa shape index (κ1) is 13.2. The van der Waals surface area contributed by atoms with Crippen LogP contribution in [-0.4, -0.2) is 32.8 Å². The average molecular weight is 239 g/mol. The molecule has 1 rings (SSSR count). The highest BCUT2D eigenvalue weighted by Crippen LogP contribution is 2.04. The Bertz CT molecular complexity index is 426. The molecule has 0 aliphatic carbocycles. The number of aliphatic carboxylic acids is 1. The maximum atomic E-state index is 11.8. The third-order valence-electron chi connectivity index (χ3n) is 2.38. The number of nitrogens with zero attached hydrogens (tertiary/aromatic N) is 2. The normalized spacial score (nSPS) is 12.2. The van der Waals surface area contributed by atoms with Crippen LogP contribution in [0, 0.1) is 0 Å². The maximum absolute atomic E-state index is 11.8. The predicted molar refractivity (Wildman–Crippen MR) is 61.8 cm³/mol. The predicted octanol–water partition coefficient (Wildman–Crippen LogP) is 0.575. The molecule has 94 valence electrons. The van der Waals surface area contributed by atoms with Gasteiger partial charge in [0, 0.05) is 13.1 Å². The molecule has 0 saturated heterocycles. The average Bonchev–Trinajstić information content (AvgIpc) is 2.58. The molecule has 1 atom stereocenters. The second-order valence-corrected chi connectivity index (χ2v) is 3.97. The summed E-state index contributed by atoms with van der Waals surface area (Å²) in [6, 6.07) is 1.31. The van der Waals surface area contributed by atoms with Crippen molar-refractivity contribution in [3.05, 3.63) is 17.5 Å². The van der Waals surface area contributed by atoms with Crippen molar-refractivity contribution in [3.63, 3.8) is 0 Å². The highest BCUT2D eigenvalue weighted by atomic mass is 16.4. The van der Waals surface area contributed by atoms with E-state index in [1.807, 2.05) is 6.92 Å². The molecule has 0 aromatic carbocycles. The number of aromatic nitrogens is 2. The SMILES string of the molecule is CCc1cc(C(=O)NC(C)CC(=O)O)n(C)n1. The molecular weight excluding hydrogens is 222 g/mol. The van der Waals surface area contributed by atoms with Crippen LogP contribution in [0.2, 0.25) is 0 Å². The minimum absolute atomic E-state index is 0.0930. The molecule has 6 heteroatoms. The van der Waals surface area contributed by atoms with Gasteiger partial charge in [-0.05, 0) is 19.4 Å². The number of rotatable bonds is 5. The van der Waals surface area contributed by atoms with Gasteiger partial charge in [0.05, 0.1) is 12.1 Å². The summed E-state index contributed by atoms with van der Waals surface area (Å²) in [4.78, 5) is 22.3. The Kier molecular flexibility index (Phi) is 4.25. The zero-order chi connectivity index (χ0) is 13.0. The molecule has 0 bridgehead atoms. The summed E-state index contributed by atoms with van der Waals surface area (Å²) in [5.74, 6) is -1.23. The molecule has 2 N–H and O–H groups in total. The summed E-state index contributed by atoms with van der Waals surface area (Å²) < 4.78 is 1.50. The third-order valence-corrected chi connectivity index (χ3v) is 2.38. The van der Waals surface area contributed by atoms with Gasteiger partial charge in [-0.15, -0.1) is 0 Å². The van der Waals surface area contributed by atoms with Gasteiger partial charge in [-0.25, -0.2) is 0 Å². The number of carbonyl (C=O) groups excluding carboxylic acids is 1. The van der Waals surface area contributed by atoms with Crippen LogP contribution in [0.3, 0.4) is 0 Å². The van der Waals surface area contributed by atoms with Crippen molar-refractivity contribution in [2.24, 2.45) is 7.05 Å². The zero-order valence-corrected chi connectivity index (χ0v) is 10.2. The Morgan fingerprint density at radius 3 is 2.71 bits per heavy atom. The fourth-order valence-corrected chi connectivity index (χ4v) is 1.52. The van der Waals surface area contributed by atoms with E-state index in [-0.39, 0.29) is 12.3 Å². The van der Waals surface area contributed by atoms with Crippen molar-refractivity contribution in [1.82, 2.24) is 15.1 Å². The number of carboxylic acids is 1. The Morgan fingerprint density at radius 1 is 1.59 bits per heavy atom. The van der Waals surface area contributed by atoms with Gasteiger partial charge in [0.15, 0.2) is 0 Å². The summed E-state index contributed by atoms with van der Waals surface area (Å²) in [5.41, 5.74) is 1.28. The molecule has 0 spiro atoms. The second kappa shape index (κ2) is 5.47. The Morgan fingerprint density at radius 2 is 2.24 bits per heavy atom. The van der Waals surface area contributed by atoms with Crippen LogP contribution in [0.25, 0.3) is 0 Å². The fourth-order valence-electron chi connectivity index (χ4n) is 1.52. The molecule has 17 heavy (non-hydrogen) atoms. The minimum Gasteiger partial charge on any atom is -0.481 e. The van der Waals surface area contributed by atoms with E-state index in [1.165, 1.54) is 4.68 Å². The van der Waals surface area contributed by atoms with E-state index in [4.69, 9.17) is 5.11 Å².